The van der Waals surface area contributed by atoms with Crippen LogP contribution in [0, 0.1) is 0 Å². The van der Waals surface area contributed by atoms with Crippen LogP contribution >= 0.6 is 0 Å². The van der Waals surface area contributed by atoms with Gasteiger partial charge in [-0.3, -0.25) is 4.79 Å². The number of hydrogen-bond donors (Lipinski definition) is 2. The molecule has 0 fully saturated rings. The Bertz CT molecular complexity index is 375. The first kappa shape index (κ1) is 12.5. The smallest absolute Gasteiger partial charge is 0.176 e. The summed E-state index contributed by atoms with van der Waals surface area (Å²) in [6.07, 6.45) is 0. The Labute approximate surface area is 95.8 Å². The minimum absolute atomic E-state index is 0.0306. The summed E-state index contributed by atoms with van der Waals surface area (Å²) >= 11 is 0. The van der Waals surface area contributed by atoms with Crippen LogP contribution < -0.4 is 15.8 Å². The molecule has 1 aromatic rings. The van der Waals surface area contributed by atoms with E-state index in [-0.39, 0.29) is 5.78 Å². The number of anilines is 1. The van der Waals surface area contributed by atoms with Gasteiger partial charge in [0, 0.05) is 11.6 Å². The lowest BCUT2D eigenvalue weighted by molar-refractivity contribution is 0.0988. The first-order valence-electron chi connectivity index (χ1n) is 5.24. The van der Waals surface area contributed by atoms with Crippen molar-refractivity contribution in [3.63, 3.8) is 0 Å². The van der Waals surface area contributed by atoms with Gasteiger partial charge in [0.1, 0.15) is 5.75 Å². The summed E-state index contributed by atoms with van der Waals surface area (Å²) in [5.41, 5.74) is 6.82. The molecule has 1 aromatic carbocycles. The number of nitrogens with one attached hydrogen (secondary N) is 1. The van der Waals surface area contributed by atoms with E-state index < -0.39 is 0 Å². The van der Waals surface area contributed by atoms with Crippen molar-refractivity contribution in [2.75, 3.05) is 19.4 Å². The average Bonchev–Trinajstić information content (AvgIpc) is 2.25. The van der Waals surface area contributed by atoms with Crippen molar-refractivity contribution < 1.29 is 9.53 Å². The van der Waals surface area contributed by atoms with Gasteiger partial charge in [0.25, 0.3) is 0 Å². The van der Waals surface area contributed by atoms with Gasteiger partial charge in [-0.2, -0.15) is 0 Å². The fourth-order valence-corrected chi connectivity index (χ4v) is 1.31. The molecule has 0 saturated carbocycles. The molecule has 0 heterocycles. The molecule has 0 aliphatic rings. The SMILES string of the molecule is COc1ccc(C(=O)CNC(C)C)cc1N. The summed E-state index contributed by atoms with van der Waals surface area (Å²) in [6, 6.07) is 5.36. The number of Topliss-reactive ketones (excluding diaryl/α,β-unsaturated/α-hetero) is 1. The zero-order valence-corrected chi connectivity index (χ0v) is 9.91. The number of carbonyl (C=O) groups is 1. The maximum absolute atomic E-state index is 11.7. The summed E-state index contributed by atoms with van der Waals surface area (Å²) < 4.78 is 5.03. The molecule has 0 aliphatic carbocycles. The van der Waals surface area contributed by atoms with E-state index in [9.17, 15) is 4.79 Å². The maximum atomic E-state index is 11.7. The molecular weight excluding hydrogens is 204 g/mol. The molecule has 16 heavy (non-hydrogen) atoms. The highest BCUT2D eigenvalue weighted by Gasteiger charge is 2.08. The molecule has 0 unspecified atom stereocenters. The van der Waals surface area contributed by atoms with E-state index in [2.05, 4.69) is 5.32 Å². The Hall–Kier alpha value is -1.55. The molecule has 4 nitrogen and oxygen atoms in total. The lowest BCUT2D eigenvalue weighted by Crippen LogP contribution is -2.29. The normalized spacial score (nSPS) is 10.5. The number of methoxy groups -OCH3 is 1. The van der Waals surface area contributed by atoms with Gasteiger partial charge >= 0.3 is 0 Å². The predicted molar refractivity (Wildman–Crippen MR) is 64.9 cm³/mol. The number of ether oxygens (including phenoxy) is 1. The summed E-state index contributed by atoms with van der Waals surface area (Å²) in [5.74, 6) is 0.622. The molecule has 0 saturated heterocycles. The van der Waals surface area contributed by atoms with Gasteiger partial charge in [0.2, 0.25) is 0 Å². The second-order valence-electron chi connectivity index (χ2n) is 3.92. The monoisotopic (exact) mass is 222 g/mol. The highest BCUT2D eigenvalue weighted by Crippen LogP contribution is 2.21. The van der Waals surface area contributed by atoms with Crippen LogP contribution in [0.3, 0.4) is 0 Å². The number of carbonyl (C=O) groups excluding carboxylic acids is 1. The van der Waals surface area contributed by atoms with Crippen molar-refractivity contribution in [3.8, 4) is 5.75 Å². The molecule has 0 bridgehead atoms. The lowest BCUT2D eigenvalue weighted by Gasteiger charge is -2.09. The highest BCUT2D eigenvalue weighted by molar-refractivity contribution is 5.98. The van der Waals surface area contributed by atoms with E-state index in [1.54, 1.807) is 25.3 Å². The Kier molecular flexibility index (Phi) is 4.31. The van der Waals surface area contributed by atoms with Gasteiger partial charge in [0.05, 0.1) is 19.3 Å². The third kappa shape index (κ3) is 3.24. The molecule has 88 valence electrons. The Morgan fingerprint density at radius 2 is 2.19 bits per heavy atom. The van der Waals surface area contributed by atoms with Gasteiger partial charge in [0.15, 0.2) is 5.78 Å². The van der Waals surface area contributed by atoms with Crippen molar-refractivity contribution in [3.05, 3.63) is 23.8 Å². The van der Waals surface area contributed by atoms with Gasteiger partial charge in [-0.15, -0.1) is 0 Å². The van der Waals surface area contributed by atoms with Gasteiger partial charge in [-0.1, -0.05) is 13.8 Å². The summed E-state index contributed by atoms with van der Waals surface area (Å²) in [7, 11) is 1.55. The number of rotatable bonds is 5. The Morgan fingerprint density at radius 1 is 1.50 bits per heavy atom. The van der Waals surface area contributed by atoms with Crippen LogP contribution in [0.25, 0.3) is 0 Å². The van der Waals surface area contributed by atoms with E-state index in [4.69, 9.17) is 10.5 Å². The fourth-order valence-electron chi connectivity index (χ4n) is 1.31. The fraction of sp³-hybridized carbons (Fsp3) is 0.417. The number of hydrogen-bond acceptors (Lipinski definition) is 4. The first-order valence-corrected chi connectivity index (χ1v) is 5.24. The van der Waals surface area contributed by atoms with E-state index in [1.165, 1.54) is 0 Å². The van der Waals surface area contributed by atoms with Crippen molar-refractivity contribution in [1.29, 1.82) is 0 Å². The van der Waals surface area contributed by atoms with E-state index in [0.29, 0.717) is 29.6 Å². The molecule has 0 atom stereocenters. The molecule has 0 aromatic heterocycles. The quantitative estimate of drug-likeness (QED) is 0.584. The van der Waals surface area contributed by atoms with Crippen LogP contribution in [0.1, 0.15) is 24.2 Å². The maximum Gasteiger partial charge on any atom is 0.176 e. The van der Waals surface area contributed by atoms with Gasteiger partial charge in [-0.05, 0) is 18.2 Å². The molecule has 4 heteroatoms. The van der Waals surface area contributed by atoms with Crippen LogP contribution in [0.2, 0.25) is 0 Å². The number of nitrogen functional groups attached to an aromatic ring is 1. The topological polar surface area (TPSA) is 64.3 Å². The summed E-state index contributed by atoms with van der Waals surface area (Å²) in [5, 5.41) is 3.07. The first-order chi connectivity index (χ1) is 7.54. The van der Waals surface area contributed by atoms with Gasteiger partial charge in [-0.25, -0.2) is 0 Å². The van der Waals surface area contributed by atoms with E-state index >= 15 is 0 Å². The largest absolute Gasteiger partial charge is 0.495 e. The van der Waals surface area contributed by atoms with E-state index in [0.717, 1.165) is 0 Å². The van der Waals surface area contributed by atoms with Crippen molar-refractivity contribution in [2.24, 2.45) is 0 Å². The molecular formula is C12H18N2O2. The second-order valence-corrected chi connectivity index (χ2v) is 3.92. The third-order valence-electron chi connectivity index (χ3n) is 2.22. The van der Waals surface area contributed by atoms with Crippen molar-refractivity contribution >= 4 is 11.5 Å². The van der Waals surface area contributed by atoms with Crippen LogP contribution in [0.4, 0.5) is 5.69 Å². The molecule has 0 radical (unpaired) electrons. The predicted octanol–water partition coefficient (Wildman–Crippen LogP) is 1.46. The minimum Gasteiger partial charge on any atom is -0.495 e. The molecule has 0 spiro atoms. The Morgan fingerprint density at radius 3 is 2.69 bits per heavy atom. The average molecular weight is 222 g/mol. The van der Waals surface area contributed by atoms with Gasteiger partial charge < -0.3 is 15.8 Å². The van der Waals surface area contributed by atoms with E-state index in [1.807, 2.05) is 13.8 Å². The number of nitrogens with two attached hydrogens (primary N) is 1. The third-order valence-corrected chi connectivity index (χ3v) is 2.22. The molecule has 0 amide bonds. The van der Waals surface area contributed by atoms with Crippen LogP contribution in [0.5, 0.6) is 5.75 Å². The summed E-state index contributed by atoms with van der Waals surface area (Å²) in [4.78, 5) is 11.7. The minimum atomic E-state index is 0.0306. The number of ketones is 1. The molecule has 0 aliphatic heterocycles. The van der Waals surface area contributed by atoms with Crippen LogP contribution in [-0.4, -0.2) is 25.5 Å². The lowest BCUT2D eigenvalue weighted by atomic mass is 10.1. The van der Waals surface area contributed by atoms with Crippen molar-refractivity contribution in [2.45, 2.75) is 19.9 Å². The Balaban J connectivity index is 2.73. The van der Waals surface area contributed by atoms with Crippen LogP contribution in [0.15, 0.2) is 18.2 Å². The molecule has 1 rings (SSSR count). The molecule has 3 N–H and O–H groups in total. The van der Waals surface area contributed by atoms with Crippen LogP contribution in [-0.2, 0) is 0 Å². The standard InChI is InChI=1S/C12H18N2O2/c1-8(2)14-7-11(15)9-4-5-12(16-3)10(13)6-9/h4-6,8,14H,7,13H2,1-3H3. The zero-order valence-electron chi connectivity index (χ0n) is 9.91. The summed E-state index contributed by atoms with van der Waals surface area (Å²) in [6.45, 7) is 4.31. The number of benzene rings is 1. The second kappa shape index (κ2) is 5.51. The zero-order chi connectivity index (χ0) is 12.1. The highest BCUT2D eigenvalue weighted by atomic mass is 16.5. The van der Waals surface area contributed by atoms with Crippen molar-refractivity contribution in [1.82, 2.24) is 5.32 Å².